The van der Waals surface area contributed by atoms with E-state index >= 15 is 0 Å². The lowest BCUT2D eigenvalue weighted by Gasteiger charge is -2.14. The van der Waals surface area contributed by atoms with E-state index < -0.39 is 0 Å². The number of amides is 1. The molecule has 26 heavy (non-hydrogen) atoms. The Morgan fingerprint density at radius 1 is 1.42 bits per heavy atom. The molecule has 0 aliphatic carbocycles. The molecule has 0 saturated carbocycles. The molecule has 1 atom stereocenters. The predicted octanol–water partition coefficient (Wildman–Crippen LogP) is 1.16. The number of nitrogens with one attached hydrogen (secondary N) is 1. The number of hydrogen-bond donors (Lipinski definition) is 1. The minimum absolute atomic E-state index is 0.105. The molecule has 4 heterocycles. The van der Waals surface area contributed by atoms with Crippen molar-refractivity contribution in [2.24, 2.45) is 13.0 Å². The number of carbonyl (C=O) groups is 1. The van der Waals surface area contributed by atoms with E-state index in [-0.39, 0.29) is 11.8 Å². The minimum atomic E-state index is -0.144. The Kier molecular flexibility index (Phi) is 4.29. The van der Waals surface area contributed by atoms with Crippen molar-refractivity contribution in [3.63, 3.8) is 0 Å². The van der Waals surface area contributed by atoms with Crippen molar-refractivity contribution in [2.75, 3.05) is 13.2 Å². The zero-order valence-electron chi connectivity index (χ0n) is 14.7. The standard InChI is InChI=1S/C17H20N6O3/c1-11-13(4-6-26-11)17(24)18-7-12-8-23-15(10-25-9-12)16(20-21-23)14-3-5-19-22(14)2/h3-6,12H,7-10H2,1-2H3,(H,18,24)/t12-/m1/s1. The SMILES string of the molecule is Cc1occc1C(=O)NC[C@H]1COCc2c(-c3ccnn3C)nnn2C1. The highest BCUT2D eigenvalue weighted by Crippen LogP contribution is 2.23. The molecule has 0 saturated heterocycles. The smallest absolute Gasteiger partial charge is 0.254 e. The molecule has 9 nitrogen and oxygen atoms in total. The number of ether oxygens (including phenoxy) is 1. The highest BCUT2D eigenvalue weighted by molar-refractivity contribution is 5.95. The Labute approximate surface area is 149 Å². The molecule has 0 bridgehead atoms. The fraction of sp³-hybridized carbons (Fsp3) is 0.412. The number of carbonyl (C=O) groups excluding carboxylic acids is 1. The maximum atomic E-state index is 12.2. The van der Waals surface area contributed by atoms with Crippen LogP contribution in [0.5, 0.6) is 0 Å². The van der Waals surface area contributed by atoms with E-state index in [4.69, 9.17) is 9.15 Å². The van der Waals surface area contributed by atoms with Crippen LogP contribution < -0.4 is 5.32 Å². The maximum absolute atomic E-state index is 12.2. The summed E-state index contributed by atoms with van der Waals surface area (Å²) in [6.45, 7) is 3.86. The summed E-state index contributed by atoms with van der Waals surface area (Å²) in [7, 11) is 1.87. The number of aromatic nitrogens is 5. The number of hydrogen-bond acceptors (Lipinski definition) is 6. The minimum Gasteiger partial charge on any atom is -0.469 e. The van der Waals surface area contributed by atoms with Crippen molar-refractivity contribution in [1.82, 2.24) is 30.1 Å². The Hall–Kier alpha value is -2.94. The highest BCUT2D eigenvalue weighted by atomic mass is 16.5. The summed E-state index contributed by atoms with van der Waals surface area (Å²) in [6.07, 6.45) is 3.25. The van der Waals surface area contributed by atoms with Gasteiger partial charge in [-0.25, -0.2) is 4.68 Å². The first-order chi connectivity index (χ1) is 12.6. The van der Waals surface area contributed by atoms with Crippen molar-refractivity contribution in [1.29, 1.82) is 0 Å². The third-order valence-electron chi connectivity index (χ3n) is 4.58. The molecule has 0 aromatic carbocycles. The summed E-state index contributed by atoms with van der Waals surface area (Å²) >= 11 is 0. The zero-order valence-corrected chi connectivity index (χ0v) is 14.7. The summed E-state index contributed by atoms with van der Waals surface area (Å²) in [4.78, 5) is 12.2. The molecule has 9 heteroatoms. The fourth-order valence-electron chi connectivity index (χ4n) is 3.12. The van der Waals surface area contributed by atoms with Crippen molar-refractivity contribution in [2.45, 2.75) is 20.1 Å². The summed E-state index contributed by atoms with van der Waals surface area (Å²) in [5.74, 6) is 0.572. The first-order valence-corrected chi connectivity index (χ1v) is 8.44. The van der Waals surface area contributed by atoms with Gasteiger partial charge in [0.2, 0.25) is 0 Å². The quantitative estimate of drug-likeness (QED) is 0.753. The van der Waals surface area contributed by atoms with Crippen LogP contribution in [0.25, 0.3) is 11.4 Å². The molecule has 1 N–H and O–H groups in total. The van der Waals surface area contributed by atoms with Gasteiger partial charge in [-0.05, 0) is 19.1 Å². The monoisotopic (exact) mass is 356 g/mol. The lowest BCUT2D eigenvalue weighted by molar-refractivity contribution is 0.0851. The molecule has 1 aliphatic heterocycles. The topological polar surface area (TPSA) is 100 Å². The molecule has 3 aromatic heterocycles. The molecule has 0 spiro atoms. The number of furan rings is 1. The molecule has 3 aromatic rings. The second kappa shape index (κ2) is 6.75. The first kappa shape index (κ1) is 16.5. The molecule has 0 fully saturated rings. The van der Waals surface area contributed by atoms with Crippen molar-refractivity contribution >= 4 is 5.91 Å². The summed E-state index contributed by atoms with van der Waals surface area (Å²) in [5, 5.41) is 15.7. The number of aryl methyl sites for hydroxylation is 2. The van der Waals surface area contributed by atoms with Crippen LogP contribution in [0.15, 0.2) is 29.0 Å². The van der Waals surface area contributed by atoms with E-state index in [1.807, 2.05) is 17.8 Å². The summed E-state index contributed by atoms with van der Waals surface area (Å²) < 4.78 is 14.6. The summed E-state index contributed by atoms with van der Waals surface area (Å²) in [6, 6.07) is 3.57. The molecule has 4 rings (SSSR count). The molecule has 136 valence electrons. The van der Waals surface area contributed by atoms with E-state index in [1.165, 1.54) is 6.26 Å². The number of nitrogens with zero attached hydrogens (tertiary/aromatic N) is 5. The fourth-order valence-corrected chi connectivity index (χ4v) is 3.12. The summed E-state index contributed by atoms with van der Waals surface area (Å²) in [5.41, 5.74) is 3.16. The lowest BCUT2D eigenvalue weighted by Crippen LogP contribution is -2.33. The third-order valence-corrected chi connectivity index (χ3v) is 4.58. The van der Waals surface area contributed by atoms with Crippen molar-refractivity contribution in [3.8, 4) is 11.4 Å². The molecular formula is C17H20N6O3. The van der Waals surface area contributed by atoms with Gasteiger partial charge in [0.25, 0.3) is 5.91 Å². The van der Waals surface area contributed by atoms with E-state index in [1.54, 1.807) is 23.9 Å². The van der Waals surface area contributed by atoms with E-state index in [9.17, 15) is 4.79 Å². The number of fused-ring (bicyclic) bond motifs is 1. The molecular weight excluding hydrogens is 336 g/mol. The van der Waals surface area contributed by atoms with Gasteiger partial charge in [-0.15, -0.1) is 5.10 Å². The second-order valence-corrected chi connectivity index (χ2v) is 6.39. The molecule has 0 unspecified atom stereocenters. The average Bonchev–Trinajstić information content (AvgIpc) is 3.30. The van der Waals surface area contributed by atoms with Gasteiger partial charge in [0.15, 0.2) is 0 Å². The zero-order chi connectivity index (χ0) is 18.1. The van der Waals surface area contributed by atoms with Gasteiger partial charge in [-0.1, -0.05) is 5.21 Å². The van der Waals surface area contributed by atoms with Gasteiger partial charge in [0.1, 0.15) is 11.5 Å². The maximum Gasteiger partial charge on any atom is 0.254 e. The van der Waals surface area contributed by atoms with Crippen LogP contribution in [0.1, 0.15) is 21.8 Å². The van der Waals surface area contributed by atoms with Crippen LogP contribution in [0.2, 0.25) is 0 Å². The van der Waals surface area contributed by atoms with Crippen molar-refractivity contribution < 1.29 is 13.9 Å². The highest BCUT2D eigenvalue weighted by Gasteiger charge is 2.24. The third kappa shape index (κ3) is 3.01. The van der Waals surface area contributed by atoms with Crippen LogP contribution in [0.3, 0.4) is 0 Å². The Morgan fingerprint density at radius 3 is 3.04 bits per heavy atom. The molecule has 1 aliphatic rings. The van der Waals surface area contributed by atoms with E-state index in [0.29, 0.717) is 37.6 Å². The van der Waals surface area contributed by atoms with Gasteiger partial charge < -0.3 is 14.5 Å². The Balaban J connectivity index is 1.46. The average molecular weight is 356 g/mol. The second-order valence-electron chi connectivity index (χ2n) is 6.39. The largest absolute Gasteiger partial charge is 0.469 e. The van der Waals surface area contributed by atoms with Crippen LogP contribution in [-0.4, -0.2) is 43.8 Å². The first-order valence-electron chi connectivity index (χ1n) is 8.44. The van der Waals surface area contributed by atoms with Crippen LogP contribution >= 0.6 is 0 Å². The predicted molar refractivity (Wildman–Crippen MR) is 91.1 cm³/mol. The molecule has 0 radical (unpaired) electrons. The van der Waals surface area contributed by atoms with Gasteiger partial charge in [-0.3, -0.25) is 9.48 Å². The van der Waals surface area contributed by atoms with Gasteiger partial charge >= 0.3 is 0 Å². The lowest BCUT2D eigenvalue weighted by atomic mass is 10.1. The van der Waals surface area contributed by atoms with E-state index in [0.717, 1.165) is 17.1 Å². The van der Waals surface area contributed by atoms with Gasteiger partial charge in [0.05, 0.1) is 36.4 Å². The molecule has 1 amide bonds. The number of rotatable bonds is 4. The Bertz CT molecular complexity index is 925. The van der Waals surface area contributed by atoms with E-state index in [2.05, 4.69) is 20.7 Å². The Morgan fingerprint density at radius 2 is 2.31 bits per heavy atom. The van der Waals surface area contributed by atoms with Crippen molar-refractivity contribution in [3.05, 3.63) is 41.6 Å². The van der Waals surface area contributed by atoms with Crippen LogP contribution in [0, 0.1) is 12.8 Å². The van der Waals surface area contributed by atoms with Gasteiger partial charge in [-0.2, -0.15) is 5.10 Å². The van der Waals surface area contributed by atoms with Crippen LogP contribution in [-0.2, 0) is 24.9 Å². The van der Waals surface area contributed by atoms with Crippen LogP contribution in [0.4, 0.5) is 0 Å². The normalized spacial score (nSPS) is 16.9. The van der Waals surface area contributed by atoms with Gasteiger partial charge in [0, 0.05) is 32.3 Å².